The summed E-state index contributed by atoms with van der Waals surface area (Å²) in [5.41, 5.74) is 1.73. The Balaban J connectivity index is 1.93. The molecule has 2 heterocycles. The van der Waals surface area contributed by atoms with Gasteiger partial charge in [0.15, 0.2) is 0 Å². The zero-order valence-corrected chi connectivity index (χ0v) is 15.8. The fourth-order valence-corrected chi connectivity index (χ4v) is 3.37. The molecule has 1 aromatic carbocycles. The molecule has 0 bridgehead atoms. The number of benzene rings is 1. The lowest BCUT2D eigenvalue weighted by Gasteiger charge is -2.32. The molecule has 1 aliphatic heterocycles. The summed E-state index contributed by atoms with van der Waals surface area (Å²) in [6.07, 6.45) is 1.66. The predicted octanol–water partition coefficient (Wildman–Crippen LogP) is 1.73. The van der Waals surface area contributed by atoms with Gasteiger partial charge in [-0.2, -0.15) is 0 Å². The van der Waals surface area contributed by atoms with Gasteiger partial charge in [0, 0.05) is 50.9 Å². The van der Waals surface area contributed by atoms with E-state index in [0.717, 1.165) is 50.3 Å². The lowest BCUT2D eigenvalue weighted by molar-refractivity contribution is 0.0524. The molecule has 2 aromatic rings. The topological polar surface area (TPSA) is 54.8 Å². The van der Waals surface area contributed by atoms with Crippen LogP contribution < -0.4 is 5.43 Å². The van der Waals surface area contributed by atoms with Crippen molar-refractivity contribution < 1.29 is 9.53 Å². The van der Waals surface area contributed by atoms with E-state index in [1.54, 1.807) is 13.1 Å². The lowest BCUT2D eigenvalue weighted by atomic mass is 10.1. The van der Waals surface area contributed by atoms with Crippen molar-refractivity contribution in [3.63, 3.8) is 0 Å². The number of hydrogen-bond donors (Lipinski definition) is 0. The monoisotopic (exact) mass is 357 g/mol. The summed E-state index contributed by atoms with van der Waals surface area (Å²) in [4.78, 5) is 29.7. The standard InChI is InChI=1S/C20H27N3O3/c1-4-26-20(25)17-14-23(12-11-22-9-7-21(3)8-10-22)18-6-5-15(2)13-16(18)19(17)24/h5-6,13-14H,4,7-12H2,1-3H3. The van der Waals surface area contributed by atoms with E-state index in [2.05, 4.69) is 16.8 Å². The van der Waals surface area contributed by atoms with Gasteiger partial charge in [-0.3, -0.25) is 9.69 Å². The van der Waals surface area contributed by atoms with Crippen LogP contribution in [-0.2, 0) is 11.3 Å². The van der Waals surface area contributed by atoms with E-state index < -0.39 is 5.97 Å². The van der Waals surface area contributed by atoms with Crippen molar-refractivity contribution >= 4 is 16.9 Å². The lowest BCUT2D eigenvalue weighted by Crippen LogP contribution is -2.45. The smallest absolute Gasteiger partial charge is 0.343 e. The number of aromatic nitrogens is 1. The number of likely N-dealkylation sites (N-methyl/N-ethyl adjacent to an activating group) is 1. The Morgan fingerprint density at radius 3 is 2.58 bits per heavy atom. The Morgan fingerprint density at radius 1 is 1.15 bits per heavy atom. The maximum absolute atomic E-state index is 12.8. The fraction of sp³-hybridized carbons (Fsp3) is 0.500. The summed E-state index contributed by atoms with van der Waals surface area (Å²) in [6, 6.07) is 5.82. The Bertz CT molecular complexity index is 851. The minimum atomic E-state index is -0.547. The van der Waals surface area contributed by atoms with Gasteiger partial charge in [-0.05, 0) is 33.0 Å². The molecule has 26 heavy (non-hydrogen) atoms. The van der Waals surface area contributed by atoms with E-state index in [1.165, 1.54) is 0 Å². The van der Waals surface area contributed by atoms with Crippen LogP contribution in [-0.4, -0.2) is 66.7 Å². The van der Waals surface area contributed by atoms with E-state index in [0.29, 0.717) is 5.39 Å². The van der Waals surface area contributed by atoms with E-state index in [4.69, 9.17) is 4.74 Å². The van der Waals surface area contributed by atoms with Gasteiger partial charge in [-0.15, -0.1) is 0 Å². The van der Waals surface area contributed by atoms with Gasteiger partial charge in [-0.1, -0.05) is 11.6 Å². The molecule has 0 aliphatic carbocycles. The van der Waals surface area contributed by atoms with Crippen LogP contribution >= 0.6 is 0 Å². The number of piperazine rings is 1. The minimum Gasteiger partial charge on any atom is -0.462 e. The average Bonchev–Trinajstić information content (AvgIpc) is 2.63. The van der Waals surface area contributed by atoms with E-state index in [-0.39, 0.29) is 17.6 Å². The molecule has 0 spiro atoms. The van der Waals surface area contributed by atoms with Gasteiger partial charge in [0.05, 0.1) is 12.1 Å². The molecule has 1 aromatic heterocycles. The van der Waals surface area contributed by atoms with Crippen LogP contribution in [0.3, 0.4) is 0 Å². The number of ether oxygens (including phenoxy) is 1. The van der Waals surface area contributed by atoms with Crippen LogP contribution in [0.5, 0.6) is 0 Å². The molecular formula is C20H27N3O3. The van der Waals surface area contributed by atoms with Crippen molar-refractivity contribution in [3.05, 3.63) is 45.7 Å². The Labute approximate surface area is 154 Å². The normalized spacial score (nSPS) is 16.1. The molecule has 0 radical (unpaired) electrons. The van der Waals surface area contributed by atoms with Crippen LogP contribution in [0, 0.1) is 6.92 Å². The predicted molar refractivity (Wildman–Crippen MR) is 103 cm³/mol. The van der Waals surface area contributed by atoms with E-state index in [1.807, 2.05) is 29.7 Å². The first-order chi connectivity index (χ1) is 12.5. The molecule has 0 N–H and O–H groups in total. The highest BCUT2D eigenvalue weighted by molar-refractivity contribution is 5.93. The molecule has 6 nitrogen and oxygen atoms in total. The summed E-state index contributed by atoms with van der Waals surface area (Å²) in [5, 5.41) is 0.578. The molecule has 0 amide bonds. The minimum absolute atomic E-state index is 0.114. The number of aryl methyl sites for hydroxylation is 1. The summed E-state index contributed by atoms with van der Waals surface area (Å²) in [5.74, 6) is -0.547. The first-order valence-electron chi connectivity index (χ1n) is 9.21. The summed E-state index contributed by atoms with van der Waals surface area (Å²) < 4.78 is 7.10. The van der Waals surface area contributed by atoms with E-state index in [9.17, 15) is 9.59 Å². The maximum atomic E-state index is 12.8. The quantitative estimate of drug-likeness (QED) is 0.763. The van der Waals surface area contributed by atoms with Crippen LogP contribution in [0.15, 0.2) is 29.2 Å². The van der Waals surface area contributed by atoms with Crippen molar-refractivity contribution in [1.29, 1.82) is 0 Å². The number of nitrogens with zero attached hydrogens (tertiary/aromatic N) is 3. The summed E-state index contributed by atoms with van der Waals surface area (Å²) in [6.45, 7) is 9.79. The summed E-state index contributed by atoms with van der Waals surface area (Å²) in [7, 11) is 2.14. The second-order valence-corrected chi connectivity index (χ2v) is 6.95. The molecule has 1 fully saturated rings. The number of carbonyl (C=O) groups is 1. The van der Waals surface area contributed by atoms with Crippen molar-refractivity contribution in [2.45, 2.75) is 20.4 Å². The number of pyridine rings is 1. The molecular weight excluding hydrogens is 330 g/mol. The number of esters is 1. The number of rotatable bonds is 5. The second kappa shape index (κ2) is 8.01. The van der Waals surface area contributed by atoms with Crippen LogP contribution in [0.1, 0.15) is 22.8 Å². The van der Waals surface area contributed by atoms with Gasteiger partial charge in [0.1, 0.15) is 5.56 Å². The number of hydrogen-bond acceptors (Lipinski definition) is 5. The third-order valence-electron chi connectivity index (χ3n) is 4.98. The van der Waals surface area contributed by atoms with Gasteiger partial charge >= 0.3 is 5.97 Å². The molecule has 0 saturated carbocycles. The first-order valence-corrected chi connectivity index (χ1v) is 9.21. The Morgan fingerprint density at radius 2 is 1.88 bits per heavy atom. The van der Waals surface area contributed by atoms with Crippen LogP contribution in [0.25, 0.3) is 10.9 Å². The van der Waals surface area contributed by atoms with Crippen molar-refractivity contribution in [1.82, 2.24) is 14.4 Å². The zero-order valence-electron chi connectivity index (χ0n) is 15.8. The molecule has 3 rings (SSSR count). The third-order valence-corrected chi connectivity index (χ3v) is 4.98. The van der Waals surface area contributed by atoms with Gasteiger partial charge in [-0.25, -0.2) is 4.79 Å². The van der Waals surface area contributed by atoms with Gasteiger partial charge in [0.25, 0.3) is 0 Å². The van der Waals surface area contributed by atoms with Gasteiger partial charge in [0.2, 0.25) is 5.43 Å². The molecule has 0 unspecified atom stereocenters. The first kappa shape index (κ1) is 18.6. The Hall–Kier alpha value is -2.18. The zero-order chi connectivity index (χ0) is 18.7. The third kappa shape index (κ3) is 3.97. The fourth-order valence-electron chi connectivity index (χ4n) is 3.37. The van der Waals surface area contributed by atoms with Crippen LogP contribution in [0.4, 0.5) is 0 Å². The molecule has 1 saturated heterocycles. The van der Waals surface area contributed by atoms with Crippen molar-refractivity contribution in [2.24, 2.45) is 0 Å². The highest BCUT2D eigenvalue weighted by Crippen LogP contribution is 2.15. The highest BCUT2D eigenvalue weighted by Gasteiger charge is 2.18. The van der Waals surface area contributed by atoms with Crippen LogP contribution in [0.2, 0.25) is 0 Å². The number of carbonyl (C=O) groups excluding carboxylic acids is 1. The summed E-state index contributed by atoms with van der Waals surface area (Å²) >= 11 is 0. The maximum Gasteiger partial charge on any atom is 0.343 e. The van der Waals surface area contributed by atoms with Crippen molar-refractivity contribution in [2.75, 3.05) is 46.4 Å². The molecule has 6 heteroatoms. The van der Waals surface area contributed by atoms with E-state index >= 15 is 0 Å². The Kier molecular flexibility index (Phi) is 5.74. The van der Waals surface area contributed by atoms with Gasteiger partial charge < -0.3 is 14.2 Å². The highest BCUT2D eigenvalue weighted by atomic mass is 16.5. The molecule has 140 valence electrons. The van der Waals surface area contributed by atoms with Crippen molar-refractivity contribution in [3.8, 4) is 0 Å². The molecule has 0 atom stereocenters. The number of fused-ring (bicyclic) bond motifs is 1. The second-order valence-electron chi connectivity index (χ2n) is 6.95. The molecule has 1 aliphatic rings. The SMILES string of the molecule is CCOC(=O)c1cn(CCN2CCN(C)CC2)c2ccc(C)cc2c1=O. The average molecular weight is 357 g/mol. The largest absolute Gasteiger partial charge is 0.462 e.